The molecular formula is C15H21ClN2O2. The van der Waals surface area contributed by atoms with E-state index in [1.165, 1.54) is 0 Å². The molecule has 1 aromatic rings. The van der Waals surface area contributed by atoms with Gasteiger partial charge >= 0.3 is 0 Å². The van der Waals surface area contributed by atoms with E-state index in [1.54, 1.807) is 13.0 Å². The Morgan fingerprint density at radius 1 is 1.60 bits per heavy atom. The zero-order valence-electron chi connectivity index (χ0n) is 11.9. The molecule has 1 aliphatic rings. The van der Waals surface area contributed by atoms with Crippen LogP contribution in [-0.2, 0) is 4.79 Å². The second-order valence-electron chi connectivity index (χ2n) is 5.37. The molecule has 1 fully saturated rings. The molecule has 1 saturated heterocycles. The van der Waals surface area contributed by atoms with Gasteiger partial charge in [0.25, 0.3) is 5.91 Å². The highest BCUT2D eigenvalue weighted by atomic mass is 35.5. The largest absolute Gasteiger partial charge is 0.479 e. The van der Waals surface area contributed by atoms with Crippen molar-refractivity contribution in [2.75, 3.05) is 19.6 Å². The highest BCUT2D eigenvalue weighted by molar-refractivity contribution is 6.32. The maximum Gasteiger partial charge on any atom is 0.263 e. The van der Waals surface area contributed by atoms with Crippen LogP contribution in [-0.4, -0.2) is 36.5 Å². The second-order valence-corrected chi connectivity index (χ2v) is 5.78. The van der Waals surface area contributed by atoms with Gasteiger partial charge in [-0.1, -0.05) is 17.7 Å². The van der Waals surface area contributed by atoms with Gasteiger partial charge in [-0.3, -0.25) is 4.79 Å². The van der Waals surface area contributed by atoms with E-state index >= 15 is 0 Å². The van der Waals surface area contributed by atoms with Crippen molar-refractivity contribution < 1.29 is 9.53 Å². The first kappa shape index (κ1) is 15.1. The number of carbonyl (C=O) groups excluding carboxylic acids is 1. The maximum atomic E-state index is 12.3. The van der Waals surface area contributed by atoms with E-state index in [4.69, 9.17) is 22.1 Å². The number of likely N-dealkylation sites (tertiary alicyclic amines) is 1. The minimum atomic E-state index is -0.536. The Kier molecular flexibility index (Phi) is 4.89. The third-order valence-electron chi connectivity index (χ3n) is 3.67. The first-order chi connectivity index (χ1) is 9.51. The van der Waals surface area contributed by atoms with Gasteiger partial charge in [0.1, 0.15) is 5.75 Å². The van der Waals surface area contributed by atoms with Gasteiger partial charge in [0.05, 0.1) is 5.02 Å². The van der Waals surface area contributed by atoms with Crippen LogP contribution in [0.25, 0.3) is 0 Å². The number of nitrogens with two attached hydrogens (primary N) is 1. The SMILES string of the molecule is Cc1ccc(Cl)c(OC(C)C(=O)N2CCC(CN)C2)c1. The minimum absolute atomic E-state index is 0.00137. The number of ether oxygens (including phenoxy) is 1. The van der Waals surface area contributed by atoms with Crippen molar-refractivity contribution in [2.24, 2.45) is 11.7 Å². The number of hydrogen-bond acceptors (Lipinski definition) is 3. The summed E-state index contributed by atoms with van der Waals surface area (Å²) in [5, 5.41) is 0.525. The quantitative estimate of drug-likeness (QED) is 0.927. The molecule has 0 bridgehead atoms. The number of aryl methyl sites for hydroxylation is 1. The fourth-order valence-corrected chi connectivity index (χ4v) is 2.59. The number of nitrogens with zero attached hydrogens (tertiary/aromatic N) is 1. The lowest BCUT2D eigenvalue weighted by molar-refractivity contribution is -0.136. The average Bonchev–Trinajstić information content (AvgIpc) is 2.90. The predicted octanol–water partition coefficient (Wildman–Crippen LogP) is 2.22. The van der Waals surface area contributed by atoms with Crippen LogP contribution < -0.4 is 10.5 Å². The van der Waals surface area contributed by atoms with Crippen molar-refractivity contribution in [3.8, 4) is 5.75 Å². The Morgan fingerprint density at radius 2 is 2.35 bits per heavy atom. The van der Waals surface area contributed by atoms with Crippen molar-refractivity contribution >= 4 is 17.5 Å². The Balaban J connectivity index is 1.99. The van der Waals surface area contributed by atoms with Crippen molar-refractivity contribution in [3.63, 3.8) is 0 Å². The molecule has 0 radical (unpaired) electrons. The molecule has 1 amide bonds. The first-order valence-corrected chi connectivity index (χ1v) is 7.30. The van der Waals surface area contributed by atoms with Crippen LogP contribution in [0.5, 0.6) is 5.75 Å². The van der Waals surface area contributed by atoms with E-state index in [9.17, 15) is 4.79 Å². The van der Waals surface area contributed by atoms with E-state index in [-0.39, 0.29) is 5.91 Å². The topological polar surface area (TPSA) is 55.6 Å². The summed E-state index contributed by atoms with van der Waals surface area (Å²) in [5.74, 6) is 0.967. The molecule has 5 heteroatoms. The molecule has 0 aliphatic carbocycles. The Bertz CT molecular complexity index is 493. The molecule has 2 rings (SSSR count). The molecule has 1 aliphatic heterocycles. The molecule has 2 unspecified atom stereocenters. The van der Waals surface area contributed by atoms with Crippen LogP contribution in [0.1, 0.15) is 18.9 Å². The minimum Gasteiger partial charge on any atom is -0.479 e. The van der Waals surface area contributed by atoms with Gasteiger partial charge in [0, 0.05) is 13.1 Å². The molecule has 110 valence electrons. The summed E-state index contributed by atoms with van der Waals surface area (Å²) in [6.07, 6.45) is 0.436. The van der Waals surface area contributed by atoms with E-state index < -0.39 is 6.10 Å². The van der Waals surface area contributed by atoms with Gasteiger partial charge in [-0.25, -0.2) is 0 Å². The van der Waals surface area contributed by atoms with Crippen molar-refractivity contribution in [2.45, 2.75) is 26.4 Å². The lowest BCUT2D eigenvalue weighted by atomic mass is 10.1. The van der Waals surface area contributed by atoms with E-state index in [0.29, 0.717) is 23.2 Å². The van der Waals surface area contributed by atoms with Gasteiger partial charge in [0.15, 0.2) is 6.10 Å². The van der Waals surface area contributed by atoms with E-state index in [0.717, 1.165) is 25.1 Å². The maximum absolute atomic E-state index is 12.3. The summed E-state index contributed by atoms with van der Waals surface area (Å²) in [5.41, 5.74) is 6.70. The molecule has 0 spiro atoms. The van der Waals surface area contributed by atoms with Gasteiger partial charge in [-0.15, -0.1) is 0 Å². The molecule has 4 nitrogen and oxygen atoms in total. The average molecular weight is 297 g/mol. The van der Waals surface area contributed by atoms with Crippen LogP contribution >= 0.6 is 11.6 Å². The van der Waals surface area contributed by atoms with Gasteiger partial charge < -0.3 is 15.4 Å². The van der Waals surface area contributed by atoms with Crippen LogP contribution in [0, 0.1) is 12.8 Å². The number of halogens is 1. The summed E-state index contributed by atoms with van der Waals surface area (Å²) in [4.78, 5) is 14.1. The van der Waals surface area contributed by atoms with E-state index in [1.807, 2.05) is 24.0 Å². The first-order valence-electron chi connectivity index (χ1n) is 6.93. The van der Waals surface area contributed by atoms with Crippen molar-refractivity contribution in [3.05, 3.63) is 28.8 Å². The summed E-state index contributed by atoms with van der Waals surface area (Å²) in [7, 11) is 0. The normalized spacial score (nSPS) is 20.0. The van der Waals surface area contributed by atoms with Crippen LogP contribution in [0.3, 0.4) is 0 Å². The Labute approximate surface area is 124 Å². The van der Waals surface area contributed by atoms with Crippen LogP contribution in [0.15, 0.2) is 18.2 Å². The van der Waals surface area contributed by atoms with E-state index in [2.05, 4.69) is 0 Å². The number of amides is 1. The monoisotopic (exact) mass is 296 g/mol. The summed E-state index contributed by atoms with van der Waals surface area (Å²) >= 11 is 6.08. The smallest absolute Gasteiger partial charge is 0.263 e. The molecular weight excluding hydrogens is 276 g/mol. The zero-order valence-corrected chi connectivity index (χ0v) is 12.7. The van der Waals surface area contributed by atoms with Crippen molar-refractivity contribution in [1.82, 2.24) is 4.90 Å². The molecule has 20 heavy (non-hydrogen) atoms. The zero-order chi connectivity index (χ0) is 14.7. The molecule has 0 saturated carbocycles. The third kappa shape index (κ3) is 3.44. The molecule has 1 heterocycles. The number of carbonyl (C=O) groups is 1. The summed E-state index contributed by atoms with van der Waals surface area (Å²) in [6, 6.07) is 5.54. The number of rotatable bonds is 4. The van der Waals surface area contributed by atoms with Crippen LogP contribution in [0.4, 0.5) is 0 Å². The number of hydrogen-bond donors (Lipinski definition) is 1. The lowest BCUT2D eigenvalue weighted by Gasteiger charge is -2.22. The van der Waals surface area contributed by atoms with Gasteiger partial charge in [-0.2, -0.15) is 0 Å². The predicted molar refractivity (Wildman–Crippen MR) is 80.0 cm³/mol. The molecule has 2 N–H and O–H groups in total. The highest BCUT2D eigenvalue weighted by Gasteiger charge is 2.29. The second kappa shape index (κ2) is 6.46. The standard InChI is InChI=1S/C15H21ClN2O2/c1-10-3-4-13(16)14(7-10)20-11(2)15(19)18-6-5-12(8-17)9-18/h3-4,7,11-12H,5-6,8-9,17H2,1-2H3. The highest BCUT2D eigenvalue weighted by Crippen LogP contribution is 2.27. The fraction of sp³-hybridized carbons (Fsp3) is 0.533. The third-order valence-corrected chi connectivity index (χ3v) is 3.98. The summed E-state index contributed by atoms with van der Waals surface area (Å²) < 4.78 is 5.71. The van der Waals surface area contributed by atoms with Gasteiger partial charge in [0.2, 0.25) is 0 Å². The summed E-state index contributed by atoms with van der Waals surface area (Å²) in [6.45, 7) is 5.84. The van der Waals surface area contributed by atoms with Crippen molar-refractivity contribution in [1.29, 1.82) is 0 Å². The van der Waals surface area contributed by atoms with Crippen LogP contribution in [0.2, 0.25) is 5.02 Å². The van der Waals surface area contributed by atoms with Gasteiger partial charge in [-0.05, 0) is 50.4 Å². The Hall–Kier alpha value is -1.26. The molecule has 2 atom stereocenters. The fourth-order valence-electron chi connectivity index (χ4n) is 2.42. The molecule has 0 aromatic heterocycles. The molecule has 1 aromatic carbocycles. The Morgan fingerprint density at radius 3 is 3.00 bits per heavy atom. The lowest BCUT2D eigenvalue weighted by Crippen LogP contribution is -2.39. The number of benzene rings is 1.